The predicted octanol–water partition coefficient (Wildman–Crippen LogP) is 2.61. The second-order valence-corrected chi connectivity index (χ2v) is 5.25. The van der Waals surface area contributed by atoms with Gasteiger partial charge in [-0.15, -0.1) is 11.8 Å². The van der Waals surface area contributed by atoms with Crippen LogP contribution in [0.3, 0.4) is 0 Å². The Morgan fingerprint density at radius 2 is 2.06 bits per heavy atom. The average molecular weight is 282 g/mol. The summed E-state index contributed by atoms with van der Waals surface area (Å²) in [5.41, 5.74) is 5.92. The van der Waals surface area contributed by atoms with Gasteiger partial charge in [-0.05, 0) is 31.2 Å². The summed E-state index contributed by atoms with van der Waals surface area (Å²) in [5.74, 6) is 1.41. The van der Waals surface area contributed by atoms with Gasteiger partial charge >= 0.3 is 0 Å². The molecule has 6 heteroatoms. The van der Waals surface area contributed by atoms with Crippen molar-refractivity contribution in [2.24, 2.45) is 0 Å². The zero-order valence-corrected chi connectivity index (χ0v) is 11.3. The van der Waals surface area contributed by atoms with Crippen LogP contribution in [0.1, 0.15) is 11.4 Å². The highest BCUT2D eigenvalue weighted by molar-refractivity contribution is 7.98. The lowest BCUT2D eigenvalue weighted by Gasteiger charge is -2.04. The highest BCUT2D eigenvalue weighted by Gasteiger charge is 2.04. The van der Waals surface area contributed by atoms with Crippen molar-refractivity contribution in [1.29, 1.82) is 0 Å². The Balaban J connectivity index is 2.11. The van der Waals surface area contributed by atoms with E-state index in [2.05, 4.69) is 9.97 Å². The second kappa shape index (κ2) is 5.46. The lowest BCUT2D eigenvalue weighted by molar-refractivity contribution is 0.988. The second-order valence-electron chi connectivity index (χ2n) is 3.77. The van der Waals surface area contributed by atoms with Gasteiger partial charge in [-0.2, -0.15) is 0 Å². The predicted molar refractivity (Wildman–Crippen MR) is 75.0 cm³/mol. The van der Waals surface area contributed by atoms with E-state index < -0.39 is 0 Å². The number of aromatic nitrogens is 2. The van der Waals surface area contributed by atoms with E-state index in [1.165, 1.54) is 0 Å². The number of rotatable bonds is 3. The Labute approximate surface area is 114 Å². The number of nitrogens with zero attached hydrogens (tertiary/aromatic N) is 1. The summed E-state index contributed by atoms with van der Waals surface area (Å²) < 4.78 is 0. The molecular weight excluding hydrogens is 270 g/mol. The SMILES string of the molecule is Cc1c(N)nc(CSc2ccc(Cl)cc2)[nH]c1=O. The Kier molecular flexibility index (Phi) is 3.93. The first-order valence-corrected chi connectivity index (χ1v) is 6.66. The summed E-state index contributed by atoms with van der Waals surface area (Å²) in [7, 11) is 0. The maximum absolute atomic E-state index is 11.5. The minimum Gasteiger partial charge on any atom is -0.383 e. The molecule has 94 valence electrons. The average Bonchev–Trinajstić information content (AvgIpc) is 2.35. The van der Waals surface area contributed by atoms with Crippen LogP contribution in [0.2, 0.25) is 5.02 Å². The smallest absolute Gasteiger partial charge is 0.255 e. The van der Waals surface area contributed by atoms with E-state index >= 15 is 0 Å². The summed E-state index contributed by atoms with van der Waals surface area (Å²) in [6.07, 6.45) is 0. The summed E-state index contributed by atoms with van der Waals surface area (Å²) >= 11 is 7.36. The van der Waals surface area contributed by atoms with Crippen LogP contribution < -0.4 is 11.3 Å². The maximum atomic E-state index is 11.5. The first kappa shape index (κ1) is 13.0. The number of aromatic amines is 1. The van der Waals surface area contributed by atoms with Crippen LogP contribution in [-0.2, 0) is 5.75 Å². The van der Waals surface area contributed by atoms with Gasteiger partial charge in [-0.3, -0.25) is 4.79 Å². The molecule has 1 aromatic heterocycles. The minimum atomic E-state index is -0.186. The van der Waals surface area contributed by atoms with Gasteiger partial charge in [0.1, 0.15) is 11.6 Å². The Hall–Kier alpha value is -1.46. The highest BCUT2D eigenvalue weighted by Crippen LogP contribution is 2.22. The molecule has 0 radical (unpaired) electrons. The number of halogens is 1. The number of H-pyrrole nitrogens is 1. The highest BCUT2D eigenvalue weighted by atomic mass is 35.5. The van der Waals surface area contributed by atoms with Gasteiger partial charge in [-0.1, -0.05) is 11.6 Å². The van der Waals surface area contributed by atoms with Crippen LogP contribution in [-0.4, -0.2) is 9.97 Å². The fourth-order valence-corrected chi connectivity index (χ4v) is 2.24. The van der Waals surface area contributed by atoms with Gasteiger partial charge in [0.15, 0.2) is 0 Å². The molecule has 0 fully saturated rings. The molecule has 0 aliphatic heterocycles. The van der Waals surface area contributed by atoms with Gasteiger partial charge in [0.05, 0.1) is 11.3 Å². The molecule has 0 saturated carbocycles. The number of thioether (sulfide) groups is 1. The monoisotopic (exact) mass is 281 g/mol. The van der Waals surface area contributed by atoms with Crippen LogP contribution in [0.25, 0.3) is 0 Å². The van der Waals surface area contributed by atoms with E-state index in [1.54, 1.807) is 18.7 Å². The normalized spacial score (nSPS) is 10.6. The van der Waals surface area contributed by atoms with Crippen molar-refractivity contribution in [2.75, 3.05) is 5.73 Å². The first-order valence-electron chi connectivity index (χ1n) is 5.30. The summed E-state index contributed by atoms with van der Waals surface area (Å²) in [5, 5.41) is 0.700. The molecule has 0 saturated heterocycles. The van der Waals surface area contributed by atoms with Crippen LogP contribution in [0.4, 0.5) is 5.82 Å². The molecule has 0 amide bonds. The van der Waals surface area contributed by atoms with Crippen molar-refractivity contribution < 1.29 is 0 Å². The molecule has 3 N–H and O–H groups in total. The van der Waals surface area contributed by atoms with Crippen molar-refractivity contribution in [2.45, 2.75) is 17.6 Å². The van der Waals surface area contributed by atoms with Crippen molar-refractivity contribution in [3.63, 3.8) is 0 Å². The zero-order valence-electron chi connectivity index (χ0n) is 9.74. The number of benzene rings is 1. The van der Waals surface area contributed by atoms with Crippen LogP contribution in [0.15, 0.2) is 34.0 Å². The molecule has 18 heavy (non-hydrogen) atoms. The molecule has 1 heterocycles. The lowest BCUT2D eigenvalue weighted by Crippen LogP contribution is -2.16. The van der Waals surface area contributed by atoms with Crippen LogP contribution in [0.5, 0.6) is 0 Å². The minimum absolute atomic E-state index is 0.186. The van der Waals surface area contributed by atoms with Gasteiger partial charge in [0, 0.05) is 9.92 Å². The van der Waals surface area contributed by atoms with E-state index in [0.29, 0.717) is 22.2 Å². The zero-order chi connectivity index (χ0) is 13.1. The molecule has 4 nitrogen and oxygen atoms in total. The number of hydrogen-bond donors (Lipinski definition) is 2. The molecule has 2 aromatic rings. The van der Waals surface area contributed by atoms with E-state index in [1.807, 2.05) is 24.3 Å². The van der Waals surface area contributed by atoms with Gasteiger partial charge in [0.2, 0.25) is 0 Å². The Bertz CT molecular complexity index is 610. The van der Waals surface area contributed by atoms with Gasteiger partial charge in [-0.25, -0.2) is 4.98 Å². The van der Waals surface area contributed by atoms with E-state index in [4.69, 9.17) is 17.3 Å². The van der Waals surface area contributed by atoms with Gasteiger partial charge < -0.3 is 10.7 Å². The number of nitrogen functional groups attached to an aromatic ring is 1. The molecule has 0 spiro atoms. The topological polar surface area (TPSA) is 71.8 Å². The van der Waals surface area contributed by atoms with Crippen molar-refractivity contribution in [1.82, 2.24) is 9.97 Å². The largest absolute Gasteiger partial charge is 0.383 e. The first-order chi connectivity index (χ1) is 8.56. The molecule has 0 aliphatic rings. The number of anilines is 1. The third-order valence-corrected chi connectivity index (χ3v) is 3.70. The lowest BCUT2D eigenvalue weighted by atomic mass is 10.3. The number of nitrogens with one attached hydrogen (secondary N) is 1. The maximum Gasteiger partial charge on any atom is 0.255 e. The third kappa shape index (κ3) is 3.05. The molecule has 0 unspecified atom stereocenters. The van der Waals surface area contributed by atoms with Crippen molar-refractivity contribution >= 4 is 29.2 Å². The quantitative estimate of drug-likeness (QED) is 0.849. The molecular formula is C12H12ClN3OS. The summed E-state index contributed by atoms with van der Waals surface area (Å²) in [6.45, 7) is 1.65. The third-order valence-electron chi connectivity index (χ3n) is 2.43. The van der Waals surface area contributed by atoms with E-state index in [0.717, 1.165) is 4.90 Å². The van der Waals surface area contributed by atoms with Gasteiger partial charge in [0.25, 0.3) is 5.56 Å². The fraction of sp³-hybridized carbons (Fsp3) is 0.167. The molecule has 0 atom stereocenters. The summed E-state index contributed by atoms with van der Waals surface area (Å²) in [4.78, 5) is 19.4. The summed E-state index contributed by atoms with van der Waals surface area (Å²) in [6, 6.07) is 7.48. The van der Waals surface area contributed by atoms with Crippen LogP contribution in [0, 0.1) is 6.92 Å². The number of hydrogen-bond acceptors (Lipinski definition) is 4. The molecule has 1 aromatic carbocycles. The number of nitrogens with two attached hydrogens (primary N) is 1. The Morgan fingerprint density at radius 1 is 1.39 bits per heavy atom. The molecule has 0 aliphatic carbocycles. The van der Waals surface area contributed by atoms with Crippen LogP contribution >= 0.6 is 23.4 Å². The Morgan fingerprint density at radius 3 is 2.67 bits per heavy atom. The fourth-order valence-electron chi connectivity index (χ4n) is 1.35. The van der Waals surface area contributed by atoms with E-state index in [-0.39, 0.29) is 11.4 Å². The van der Waals surface area contributed by atoms with E-state index in [9.17, 15) is 4.79 Å². The molecule has 0 bridgehead atoms. The van der Waals surface area contributed by atoms with Crippen molar-refractivity contribution in [3.8, 4) is 0 Å². The standard InChI is InChI=1S/C12H12ClN3OS/c1-7-11(14)15-10(16-12(7)17)6-18-9-4-2-8(13)3-5-9/h2-5H,6H2,1H3,(H3,14,15,16,17). The van der Waals surface area contributed by atoms with Crippen molar-refractivity contribution in [3.05, 3.63) is 51.0 Å². The molecule has 2 rings (SSSR count).